The zero-order chi connectivity index (χ0) is 20.9. The van der Waals surface area contributed by atoms with Gasteiger partial charge in [0.05, 0.1) is 6.54 Å². The predicted octanol–water partition coefficient (Wildman–Crippen LogP) is 2.46. The zero-order valence-corrected chi connectivity index (χ0v) is 18.1. The van der Waals surface area contributed by atoms with E-state index in [4.69, 9.17) is 11.6 Å². The van der Waals surface area contributed by atoms with Crippen LogP contribution in [-0.4, -0.2) is 46.9 Å². The van der Waals surface area contributed by atoms with E-state index < -0.39 is 11.3 Å². The van der Waals surface area contributed by atoms with Gasteiger partial charge in [0, 0.05) is 35.8 Å². The van der Waals surface area contributed by atoms with Crippen molar-refractivity contribution in [3.63, 3.8) is 0 Å². The summed E-state index contributed by atoms with van der Waals surface area (Å²) in [6.45, 7) is 4.13. The van der Waals surface area contributed by atoms with Crippen molar-refractivity contribution >= 4 is 34.2 Å². The fourth-order valence-corrected chi connectivity index (χ4v) is 5.51. The van der Waals surface area contributed by atoms with Crippen LogP contribution in [0.2, 0.25) is 5.15 Å². The molecule has 2 aromatic heterocycles. The molecule has 30 heavy (non-hydrogen) atoms. The van der Waals surface area contributed by atoms with Crippen LogP contribution in [0.4, 0.5) is 5.82 Å². The lowest BCUT2D eigenvalue weighted by molar-refractivity contribution is 0.0223. The number of benzene rings is 1. The van der Waals surface area contributed by atoms with Gasteiger partial charge in [-0.25, -0.2) is 14.9 Å². The highest BCUT2D eigenvalue weighted by Crippen LogP contribution is 2.50. The normalized spacial score (nSPS) is 19.3. The van der Waals surface area contributed by atoms with Gasteiger partial charge < -0.3 is 9.45 Å². The van der Waals surface area contributed by atoms with E-state index >= 15 is 0 Å². The molecule has 0 amide bonds. The Labute approximate surface area is 182 Å². The SMILES string of the molecule is Cc1cc(Cl)n2ncnc(N3CC4(CC(NN(Cc5ccccc5)S(=O)[O-])C4)C3)c12. The number of nitrogens with one attached hydrogen (secondary N) is 1. The fourth-order valence-electron chi connectivity index (χ4n) is 4.73. The number of rotatable bonds is 6. The van der Waals surface area contributed by atoms with Gasteiger partial charge in [0.15, 0.2) is 5.82 Å². The lowest BCUT2D eigenvalue weighted by atomic mass is 9.61. The summed E-state index contributed by atoms with van der Waals surface area (Å²) in [5, 5.41) is 4.82. The van der Waals surface area contributed by atoms with E-state index in [1.807, 2.05) is 43.3 Å². The number of halogens is 1. The van der Waals surface area contributed by atoms with Crippen molar-refractivity contribution < 1.29 is 8.76 Å². The molecule has 1 atom stereocenters. The Bertz CT molecular complexity index is 1090. The summed E-state index contributed by atoms with van der Waals surface area (Å²) in [4.78, 5) is 6.75. The molecule has 2 aliphatic rings. The van der Waals surface area contributed by atoms with Gasteiger partial charge in [-0.05, 0) is 37.0 Å². The molecule has 3 heterocycles. The second-order valence-corrected chi connectivity index (χ2v) is 9.59. The number of hydrogen-bond acceptors (Lipinski definition) is 6. The third kappa shape index (κ3) is 3.50. The van der Waals surface area contributed by atoms with E-state index in [0.29, 0.717) is 11.7 Å². The molecule has 5 rings (SSSR count). The highest BCUT2D eigenvalue weighted by molar-refractivity contribution is 7.76. The zero-order valence-electron chi connectivity index (χ0n) is 16.5. The van der Waals surface area contributed by atoms with E-state index in [2.05, 4.69) is 20.4 Å². The molecular formula is C20H22ClN6O2S-. The van der Waals surface area contributed by atoms with Crippen molar-refractivity contribution in [2.45, 2.75) is 32.4 Å². The van der Waals surface area contributed by atoms with Gasteiger partial charge in [0.2, 0.25) is 0 Å². The van der Waals surface area contributed by atoms with Gasteiger partial charge in [-0.1, -0.05) is 41.9 Å². The molecule has 1 aliphatic heterocycles. The van der Waals surface area contributed by atoms with Crippen molar-refractivity contribution in [2.24, 2.45) is 5.41 Å². The Morgan fingerprint density at radius 1 is 1.33 bits per heavy atom. The summed E-state index contributed by atoms with van der Waals surface area (Å²) < 4.78 is 26.3. The second-order valence-electron chi connectivity index (χ2n) is 8.32. The van der Waals surface area contributed by atoms with Crippen LogP contribution in [-0.2, 0) is 17.8 Å². The highest BCUT2D eigenvalue weighted by atomic mass is 35.5. The third-order valence-corrected chi connectivity index (χ3v) is 6.93. The maximum absolute atomic E-state index is 11.6. The van der Waals surface area contributed by atoms with Crippen LogP contribution in [0.25, 0.3) is 5.52 Å². The van der Waals surface area contributed by atoms with E-state index in [0.717, 1.165) is 48.4 Å². The first-order chi connectivity index (χ1) is 14.4. The minimum Gasteiger partial charge on any atom is -0.759 e. The van der Waals surface area contributed by atoms with Crippen molar-refractivity contribution in [3.8, 4) is 0 Å². The second kappa shape index (κ2) is 7.58. The Kier molecular flexibility index (Phi) is 5.03. The Morgan fingerprint density at radius 2 is 2.07 bits per heavy atom. The van der Waals surface area contributed by atoms with Crippen LogP contribution in [0.15, 0.2) is 42.7 Å². The molecule has 0 bridgehead atoms. The number of anilines is 1. The molecule has 10 heteroatoms. The molecule has 1 aliphatic carbocycles. The molecule has 158 valence electrons. The summed E-state index contributed by atoms with van der Waals surface area (Å²) in [6, 6.07) is 11.6. The van der Waals surface area contributed by atoms with E-state index in [9.17, 15) is 8.76 Å². The van der Waals surface area contributed by atoms with Gasteiger partial charge in [0.1, 0.15) is 17.0 Å². The molecule has 1 spiro atoms. The molecule has 1 aromatic carbocycles. The minimum absolute atomic E-state index is 0.156. The molecule has 2 fully saturated rings. The van der Waals surface area contributed by atoms with Gasteiger partial charge >= 0.3 is 0 Å². The largest absolute Gasteiger partial charge is 0.759 e. The molecular weight excluding hydrogens is 424 g/mol. The quantitative estimate of drug-likeness (QED) is 0.463. The number of hydrazine groups is 1. The highest BCUT2D eigenvalue weighted by Gasteiger charge is 2.53. The maximum atomic E-state index is 11.6. The van der Waals surface area contributed by atoms with Gasteiger partial charge in [-0.3, -0.25) is 4.21 Å². The fraction of sp³-hybridized carbons (Fsp3) is 0.400. The van der Waals surface area contributed by atoms with E-state index in [1.54, 1.807) is 4.52 Å². The van der Waals surface area contributed by atoms with Crippen molar-refractivity contribution in [1.29, 1.82) is 0 Å². The van der Waals surface area contributed by atoms with Crippen LogP contribution in [0.1, 0.15) is 24.0 Å². The third-order valence-electron chi connectivity index (χ3n) is 6.07. The predicted molar refractivity (Wildman–Crippen MR) is 114 cm³/mol. The Morgan fingerprint density at radius 3 is 2.77 bits per heavy atom. The summed E-state index contributed by atoms with van der Waals surface area (Å²) in [6.07, 6.45) is 3.41. The minimum atomic E-state index is -2.32. The Balaban J connectivity index is 1.21. The van der Waals surface area contributed by atoms with Crippen LogP contribution in [0, 0.1) is 12.3 Å². The summed E-state index contributed by atoms with van der Waals surface area (Å²) in [7, 11) is 0. The van der Waals surface area contributed by atoms with Crippen molar-refractivity contribution in [2.75, 3.05) is 18.0 Å². The molecule has 1 saturated heterocycles. The number of aryl methyl sites for hydroxylation is 1. The average molecular weight is 446 g/mol. The maximum Gasteiger partial charge on any atom is 0.156 e. The molecule has 0 radical (unpaired) electrons. The monoisotopic (exact) mass is 445 g/mol. The molecule has 1 unspecified atom stereocenters. The van der Waals surface area contributed by atoms with Gasteiger partial charge in [-0.15, -0.1) is 0 Å². The summed E-state index contributed by atoms with van der Waals surface area (Å²) >= 11 is 3.93. The number of aromatic nitrogens is 3. The molecule has 8 nitrogen and oxygen atoms in total. The lowest BCUT2D eigenvalue weighted by Gasteiger charge is -2.60. The average Bonchev–Trinajstić information content (AvgIpc) is 2.96. The number of nitrogens with zero attached hydrogens (tertiary/aromatic N) is 5. The standard InChI is InChI=1S/C20H23ClN6O2S/c1-14-7-17(21)27-18(14)19(22-13-23-27)25-11-20(12-25)8-16(9-20)24-26(30(28)29)10-15-5-3-2-4-6-15/h2-7,13,16,24H,8-12H2,1H3,(H,28,29)/p-1. The van der Waals surface area contributed by atoms with Crippen LogP contribution >= 0.6 is 11.6 Å². The Hall–Kier alpha value is -2.04. The molecule has 1 saturated carbocycles. The first-order valence-corrected chi connectivity index (χ1v) is 11.3. The van der Waals surface area contributed by atoms with Crippen molar-refractivity contribution in [1.82, 2.24) is 24.4 Å². The van der Waals surface area contributed by atoms with Crippen LogP contribution < -0.4 is 10.3 Å². The summed E-state index contributed by atoms with van der Waals surface area (Å²) in [5.74, 6) is 0.905. The van der Waals surface area contributed by atoms with Crippen LogP contribution in [0.3, 0.4) is 0 Å². The first-order valence-electron chi connectivity index (χ1n) is 9.85. The van der Waals surface area contributed by atoms with Gasteiger partial charge in [0.25, 0.3) is 0 Å². The molecule has 3 aromatic rings. The summed E-state index contributed by atoms with van der Waals surface area (Å²) in [5.41, 5.74) is 6.34. The van der Waals surface area contributed by atoms with Gasteiger partial charge in [-0.2, -0.15) is 9.51 Å². The smallest absolute Gasteiger partial charge is 0.156 e. The molecule has 1 N–H and O–H groups in total. The van der Waals surface area contributed by atoms with Crippen LogP contribution in [0.5, 0.6) is 0 Å². The number of fused-ring (bicyclic) bond motifs is 1. The topological polar surface area (TPSA) is 88.8 Å². The number of hydrogen-bond donors (Lipinski definition) is 1. The lowest BCUT2D eigenvalue weighted by Crippen LogP contribution is -2.67. The first kappa shape index (κ1) is 19.9. The van der Waals surface area contributed by atoms with Crippen molar-refractivity contribution in [3.05, 3.63) is 59.0 Å². The van der Waals surface area contributed by atoms with E-state index in [-0.39, 0.29) is 11.5 Å². The van der Waals surface area contributed by atoms with E-state index in [1.165, 1.54) is 10.7 Å².